The molecule has 27 heavy (non-hydrogen) atoms. The molecule has 1 amide bonds. The van der Waals surface area contributed by atoms with E-state index in [0.717, 1.165) is 24.9 Å². The van der Waals surface area contributed by atoms with Gasteiger partial charge in [0.15, 0.2) is 0 Å². The first-order valence-electron chi connectivity index (χ1n) is 9.31. The molecule has 5 nitrogen and oxygen atoms in total. The Bertz CT molecular complexity index is 931. The fourth-order valence-corrected chi connectivity index (χ4v) is 3.86. The molecular formula is C22H24N4O. The van der Waals surface area contributed by atoms with Crippen molar-refractivity contribution in [2.75, 3.05) is 0 Å². The second kappa shape index (κ2) is 6.99. The summed E-state index contributed by atoms with van der Waals surface area (Å²) in [4.78, 5) is 16.6. The topological polar surface area (TPSA) is 59.8 Å². The van der Waals surface area contributed by atoms with Gasteiger partial charge in [0.1, 0.15) is 0 Å². The van der Waals surface area contributed by atoms with Crippen LogP contribution < -0.4 is 5.32 Å². The van der Waals surface area contributed by atoms with E-state index >= 15 is 0 Å². The molecule has 3 aromatic rings. The van der Waals surface area contributed by atoms with Crippen LogP contribution in [0.2, 0.25) is 0 Å². The minimum atomic E-state index is -0.0677. The van der Waals surface area contributed by atoms with Gasteiger partial charge in [0.2, 0.25) is 0 Å². The van der Waals surface area contributed by atoms with Gasteiger partial charge < -0.3 is 5.32 Å². The maximum absolute atomic E-state index is 12.7. The van der Waals surface area contributed by atoms with E-state index in [2.05, 4.69) is 46.1 Å². The van der Waals surface area contributed by atoms with Crippen molar-refractivity contribution >= 4 is 5.91 Å². The van der Waals surface area contributed by atoms with Crippen LogP contribution in [0.15, 0.2) is 61.1 Å². The van der Waals surface area contributed by atoms with E-state index in [4.69, 9.17) is 0 Å². The molecule has 0 fully saturated rings. The lowest BCUT2D eigenvalue weighted by molar-refractivity contribution is 0.0919. The first-order valence-corrected chi connectivity index (χ1v) is 9.31. The molecule has 0 spiro atoms. The quantitative estimate of drug-likeness (QED) is 0.770. The monoisotopic (exact) mass is 360 g/mol. The first-order chi connectivity index (χ1) is 13.0. The van der Waals surface area contributed by atoms with Gasteiger partial charge in [0.05, 0.1) is 18.8 Å². The fraction of sp³-hybridized carbons (Fsp3) is 0.318. The number of aromatic nitrogens is 3. The van der Waals surface area contributed by atoms with Crippen LogP contribution in [-0.4, -0.2) is 20.7 Å². The number of hydrogen-bond donors (Lipinski definition) is 1. The molecule has 1 unspecified atom stereocenters. The van der Waals surface area contributed by atoms with Gasteiger partial charge >= 0.3 is 0 Å². The largest absolute Gasteiger partial charge is 0.345 e. The number of nitrogens with zero attached hydrogens (tertiary/aromatic N) is 3. The van der Waals surface area contributed by atoms with E-state index in [9.17, 15) is 4.79 Å². The third-order valence-corrected chi connectivity index (χ3v) is 5.18. The minimum absolute atomic E-state index is 0.0334. The molecule has 0 saturated heterocycles. The van der Waals surface area contributed by atoms with Crippen LogP contribution in [0.3, 0.4) is 0 Å². The van der Waals surface area contributed by atoms with E-state index in [0.29, 0.717) is 5.56 Å². The third kappa shape index (κ3) is 3.77. The van der Waals surface area contributed by atoms with Crippen LogP contribution in [-0.2, 0) is 13.0 Å². The lowest BCUT2D eigenvalue weighted by Gasteiger charge is -2.36. The maximum atomic E-state index is 12.7. The molecule has 1 N–H and O–H groups in total. The summed E-state index contributed by atoms with van der Waals surface area (Å²) in [7, 11) is 0. The average molecular weight is 360 g/mol. The summed E-state index contributed by atoms with van der Waals surface area (Å²) in [6.45, 7) is 5.25. The number of pyridine rings is 1. The van der Waals surface area contributed by atoms with Crippen molar-refractivity contribution in [3.05, 3.63) is 83.4 Å². The van der Waals surface area contributed by atoms with E-state index in [1.807, 2.05) is 24.4 Å². The average Bonchev–Trinajstić information content (AvgIpc) is 3.05. The van der Waals surface area contributed by atoms with Crippen LogP contribution in [0, 0.1) is 5.41 Å². The number of nitrogens with one attached hydrogen (secondary N) is 1. The minimum Gasteiger partial charge on any atom is -0.345 e. The molecule has 4 rings (SSSR count). The van der Waals surface area contributed by atoms with Gasteiger partial charge in [-0.1, -0.05) is 44.2 Å². The first kappa shape index (κ1) is 17.5. The Balaban J connectivity index is 1.61. The highest BCUT2D eigenvalue weighted by atomic mass is 16.1. The number of hydrogen-bond acceptors (Lipinski definition) is 3. The predicted octanol–water partition coefficient (Wildman–Crippen LogP) is 3.77. The summed E-state index contributed by atoms with van der Waals surface area (Å²) < 4.78 is 2.08. The SMILES string of the molecule is CC1(C)Cc2c(cnn2Cc2ccccc2)C(NC(=O)c2ccncc2)C1. The molecule has 2 aromatic heterocycles. The zero-order chi connectivity index (χ0) is 18.9. The van der Waals surface area contributed by atoms with E-state index in [-0.39, 0.29) is 17.4 Å². The third-order valence-electron chi connectivity index (χ3n) is 5.18. The molecule has 1 aromatic carbocycles. The van der Waals surface area contributed by atoms with Crippen LogP contribution in [0.5, 0.6) is 0 Å². The van der Waals surface area contributed by atoms with Gasteiger partial charge in [0.25, 0.3) is 5.91 Å². The molecule has 1 aliphatic carbocycles. The predicted molar refractivity (Wildman–Crippen MR) is 104 cm³/mol. The summed E-state index contributed by atoms with van der Waals surface area (Å²) in [5, 5.41) is 7.85. The Hall–Kier alpha value is -2.95. The zero-order valence-corrected chi connectivity index (χ0v) is 15.7. The maximum Gasteiger partial charge on any atom is 0.251 e. The summed E-state index contributed by atoms with van der Waals surface area (Å²) in [5.41, 5.74) is 4.30. The highest BCUT2D eigenvalue weighted by Gasteiger charge is 2.35. The van der Waals surface area contributed by atoms with Gasteiger partial charge in [-0.25, -0.2) is 0 Å². The molecule has 2 heterocycles. The molecule has 0 radical (unpaired) electrons. The normalized spacial score (nSPS) is 17.9. The number of benzene rings is 1. The van der Waals surface area contributed by atoms with Gasteiger partial charge in [0, 0.05) is 29.2 Å². The van der Waals surface area contributed by atoms with E-state index in [1.165, 1.54) is 11.3 Å². The van der Waals surface area contributed by atoms with Crippen LogP contribution in [0.4, 0.5) is 0 Å². The van der Waals surface area contributed by atoms with Crippen LogP contribution in [0.1, 0.15) is 53.5 Å². The molecule has 1 atom stereocenters. The number of amides is 1. The van der Waals surface area contributed by atoms with Crippen molar-refractivity contribution in [3.8, 4) is 0 Å². The molecular weight excluding hydrogens is 336 g/mol. The molecule has 1 aliphatic rings. The lowest BCUT2D eigenvalue weighted by atomic mass is 9.74. The molecule has 0 aliphatic heterocycles. The van der Waals surface area contributed by atoms with Crippen molar-refractivity contribution in [2.24, 2.45) is 5.41 Å². The number of fused-ring (bicyclic) bond motifs is 1. The highest BCUT2D eigenvalue weighted by molar-refractivity contribution is 5.94. The number of carbonyl (C=O) groups excluding carboxylic acids is 1. The molecule has 138 valence electrons. The van der Waals surface area contributed by atoms with Crippen molar-refractivity contribution in [1.29, 1.82) is 0 Å². The second-order valence-corrected chi connectivity index (χ2v) is 8.00. The van der Waals surface area contributed by atoms with Gasteiger partial charge in [-0.05, 0) is 36.0 Å². The summed E-state index contributed by atoms with van der Waals surface area (Å²) in [6.07, 6.45) is 7.06. The van der Waals surface area contributed by atoms with E-state index in [1.54, 1.807) is 24.5 Å². The van der Waals surface area contributed by atoms with Gasteiger partial charge in [-0.3, -0.25) is 14.5 Å². The summed E-state index contributed by atoms with van der Waals surface area (Å²) >= 11 is 0. The Labute approximate surface area is 159 Å². The van der Waals surface area contributed by atoms with Crippen LogP contribution in [0.25, 0.3) is 0 Å². The van der Waals surface area contributed by atoms with Crippen molar-refractivity contribution in [1.82, 2.24) is 20.1 Å². The number of rotatable bonds is 4. The van der Waals surface area contributed by atoms with Crippen molar-refractivity contribution < 1.29 is 4.79 Å². The van der Waals surface area contributed by atoms with Crippen molar-refractivity contribution in [2.45, 2.75) is 39.3 Å². The van der Waals surface area contributed by atoms with Crippen LogP contribution >= 0.6 is 0 Å². The summed E-state index contributed by atoms with van der Waals surface area (Å²) in [6, 6.07) is 13.8. The van der Waals surface area contributed by atoms with Crippen molar-refractivity contribution in [3.63, 3.8) is 0 Å². The molecule has 5 heteroatoms. The second-order valence-electron chi connectivity index (χ2n) is 8.00. The Morgan fingerprint density at radius 2 is 1.93 bits per heavy atom. The molecule has 0 saturated carbocycles. The Kier molecular flexibility index (Phi) is 4.52. The van der Waals surface area contributed by atoms with Gasteiger partial charge in [-0.2, -0.15) is 5.10 Å². The van der Waals surface area contributed by atoms with E-state index < -0.39 is 0 Å². The standard InChI is InChI=1S/C22H24N4O/c1-22(2)12-19(25-21(27)17-8-10-23-11-9-17)18-14-24-26(20(18)13-22)15-16-6-4-3-5-7-16/h3-11,14,19H,12-13,15H2,1-2H3,(H,25,27). The molecule has 0 bridgehead atoms. The van der Waals surface area contributed by atoms with Gasteiger partial charge in [-0.15, -0.1) is 0 Å². The Morgan fingerprint density at radius 1 is 1.19 bits per heavy atom. The highest BCUT2D eigenvalue weighted by Crippen LogP contribution is 2.41. The Morgan fingerprint density at radius 3 is 2.67 bits per heavy atom. The fourth-order valence-electron chi connectivity index (χ4n) is 3.86. The number of carbonyl (C=O) groups is 1. The lowest BCUT2D eigenvalue weighted by Crippen LogP contribution is -2.36. The zero-order valence-electron chi connectivity index (χ0n) is 15.7. The smallest absolute Gasteiger partial charge is 0.251 e. The summed E-state index contributed by atoms with van der Waals surface area (Å²) in [5.74, 6) is -0.0677.